The van der Waals surface area contributed by atoms with Crippen LogP contribution >= 0.6 is 0 Å². The normalized spacial score (nSPS) is 13.0. The van der Waals surface area contributed by atoms with E-state index in [0.717, 1.165) is 37.6 Å². The molecule has 1 aromatic carbocycles. The lowest BCUT2D eigenvalue weighted by Crippen LogP contribution is -2.22. The van der Waals surface area contributed by atoms with E-state index < -0.39 is 0 Å². The molecular weight excluding hydrogens is 258 g/mol. The van der Waals surface area contributed by atoms with Crippen molar-refractivity contribution in [2.45, 2.75) is 66.4 Å². The molecule has 120 valence electrons. The van der Waals surface area contributed by atoms with Gasteiger partial charge in [0.25, 0.3) is 0 Å². The van der Waals surface area contributed by atoms with Crippen LogP contribution in [0.1, 0.15) is 64.5 Å². The highest BCUT2D eigenvalue weighted by atomic mass is 16.5. The van der Waals surface area contributed by atoms with E-state index in [1.807, 2.05) is 0 Å². The molecular formula is C19H33NO. The van der Waals surface area contributed by atoms with E-state index in [4.69, 9.17) is 4.74 Å². The van der Waals surface area contributed by atoms with Crippen molar-refractivity contribution in [3.8, 4) is 5.75 Å². The zero-order chi connectivity index (χ0) is 15.8. The molecule has 1 N–H and O–H groups in total. The highest BCUT2D eigenvalue weighted by Gasteiger charge is 2.07. The van der Waals surface area contributed by atoms with Crippen molar-refractivity contribution >= 4 is 0 Å². The lowest BCUT2D eigenvalue weighted by Gasteiger charge is -2.17. The lowest BCUT2D eigenvalue weighted by molar-refractivity contribution is 0.207. The van der Waals surface area contributed by atoms with Crippen LogP contribution in [0.15, 0.2) is 18.2 Å². The van der Waals surface area contributed by atoms with Crippen LogP contribution in [0.4, 0.5) is 0 Å². The molecule has 0 aromatic heterocycles. The van der Waals surface area contributed by atoms with Gasteiger partial charge in [0.15, 0.2) is 0 Å². The number of hydrogen-bond donors (Lipinski definition) is 1. The summed E-state index contributed by atoms with van der Waals surface area (Å²) in [6.07, 6.45) is 2.53. The molecule has 0 saturated heterocycles. The van der Waals surface area contributed by atoms with Crippen LogP contribution < -0.4 is 10.1 Å². The molecule has 0 bridgehead atoms. The van der Waals surface area contributed by atoms with Crippen molar-refractivity contribution in [3.05, 3.63) is 29.3 Å². The fourth-order valence-corrected chi connectivity index (χ4v) is 2.57. The number of rotatable bonds is 9. The third-order valence-corrected chi connectivity index (χ3v) is 3.72. The van der Waals surface area contributed by atoms with Gasteiger partial charge in [-0.3, -0.25) is 0 Å². The standard InChI is InChI=1S/C19H33NO/c1-14(2)13-20-11-7-8-17(6)21-18-9-10-19(15(3)4)16(5)12-18/h9-10,12,14-15,17,20H,7-8,11,13H2,1-6H3. The number of ether oxygens (including phenoxy) is 1. The number of aryl methyl sites for hydroxylation is 1. The first-order valence-corrected chi connectivity index (χ1v) is 8.38. The SMILES string of the molecule is Cc1cc(OC(C)CCCNCC(C)C)ccc1C(C)C. The fourth-order valence-electron chi connectivity index (χ4n) is 2.57. The van der Waals surface area contributed by atoms with Gasteiger partial charge in [-0.2, -0.15) is 0 Å². The van der Waals surface area contributed by atoms with E-state index in [2.05, 4.69) is 65.1 Å². The fraction of sp³-hybridized carbons (Fsp3) is 0.684. The maximum atomic E-state index is 6.03. The van der Waals surface area contributed by atoms with Crippen LogP contribution in [-0.2, 0) is 0 Å². The molecule has 0 aliphatic carbocycles. The topological polar surface area (TPSA) is 21.3 Å². The van der Waals surface area contributed by atoms with E-state index in [0.29, 0.717) is 5.92 Å². The molecule has 0 radical (unpaired) electrons. The summed E-state index contributed by atoms with van der Waals surface area (Å²) in [5.41, 5.74) is 2.74. The van der Waals surface area contributed by atoms with E-state index >= 15 is 0 Å². The van der Waals surface area contributed by atoms with E-state index in [1.165, 1.54) is 11.1 Å². The summed E-state index contributed by atoms with van der Waals surface area (Å²) < 4.78 is 6.03. The Balaban J connectivity index is 2.34. The molecule has 0 aliphatic heterocycles. The summed E-state index contributed by atoms with van der Waals surface area (Å²) in [5, 5.41) is 3.48. The van der Waals surface area contributed by atoms with E-state index in [1.54, 1.807) is 0 Å². The van der Waals surface area contributed by atoms with Crippen LogP contribution in [-0.4, -0.2) is 19.2 Å². The molecule has 0 fully saturated rings. The van der Waals surface area contributed by atoms with Crippen molar-refractivity contribution < 1.29 is 4.74 Å². The summed E-state index contributed by atoms with van der Waals surface area (Å²) in [5.74, 6) is 2.30. The number of hydrogen-bond acceptors (Lipinski definition) is 2. The smallest absolute Gasteiger partial charge is 0.119 e. The van der Waals surface area contributed by atoms with Gasteiger partial charge in [0.05, 0.1) is 6.10 Å². The van der Waals surface area contributed by atoms with Crippen LogP contribution in [0.5, 0.6) is 5.75 Å². The molecule has 0 heterocycles. The van der Waals surface area contributed by atoms with E-state index in [-0.39, 0.29) is 6.10 Å². The molecule has 1 atom stereocenters. The highest BCUT2D eigenvalue weighted by Crippen LogP contribution is 2.24. The Labute approximate surface area is 131 Å². The zero-order valence-electron chi connectivity index (χ0n) is 14.7. The van der Waals surface area contributed by atoms with Crippen LogP contribution in [0.3, 0.4) is 0 Å². The highest BCUT2D eigenvalue weighted by molar-refractivity contribution is 5.36. The average molecular weight is 291 g/mol. The summed E-state index contributed by atoms with van der Waals surface area (Å²) in [6, 6.07) is 6.48. The van der Waals surface area contributed by atoms with Crippen molar-refractivity contribution in [2.75, 3.05) is 13.1 Å². The van der Waals surface area contributed by atoms with Gasteiger partial charge >= 0.3 is 0 Å². The molecule has 1 rings (SSSR count). The molecule has 0 amide bonds. The summed E-state index contributed by atoms with van der Waals surface area (Å²) >= 11 is 0. The predicted molar refractivity (Wildman–Crippen MR) is 92.3 cm³/mol. The van der Waals surface area contributed by atoms with Gasteiger partial charge in [-0.15, -0.1) is 0 Å². The van der Waals surface area contributed by atoms with Crippen molar-refractivity contribution in [3.63, 3.8) is 0 Å². The van der Waals surface area contributed by atoms with Gasteiger partial charge in [-0.25, -0.2) is 0 Å². The maximum Gasteiger partial charge on any atom is 0.119 e. The van der Waals surface area contributed by atoms with Gasteiger partial charge < -0.3 is 10.1 Å². The van der Waals surface area contributed by atoms with Gasteiger partial charge in [0.1, 0.15) is 5.75 Å². The third-order valence-electron chi connectivity index (χ3n) is 3.72. The minimum Gasteiger partial charge on any atom is -0.491 e. The monoisotopic (exact) mass is 291 g/mol. The Hall–Kier alpha value is -1.02. The van der Waals surface area contributed by atoms with Crippen LogP contribution in [0.2, 0.25) is 0 Å². The van der Waals surface area contributed by atoms with Gasteiger partial charge in [0.2, 0.25) is 0 Å². The second kappa shape index (κ2) is 9.09. The molecule has 0 aliphatic rings. The molecule has 21 heavy (non-hydrogen) atoms. The first kappa shape index (κ1) is 18.0. The molecule has 2 heteroatoms. The van der Waals surface area contributed by atoms with Crippen molar-refractivity contribution in [1.29, 1.82) is 0 Å². The second-order valence-corrected chi connectivity index (χ2v) is 6.84. The first-order chi connectivity index (χ1) is 9.90. The molecule has 2 nitrogen and oxygen atoms in total. The first-order valence-electron chi connectivity index (χ1n) is 8.38. The largest absolute Gasteiger partial charge is 0.491 e. The average Bonchev–Trinajstić information content (AvgIpc) is 2.37. The Morgan fingerprint density at radius 3 is 2.38 bits per heavy atom. The van der Waals surface area contributed by atoms with E-state index in [9.17, 15) is 0 Å². The minimum absolute atomic E-state index is 0.273. The Morgan fingerprint density at radius 2 is 1.81 bits per heavy atom. The van der Waals surface area contributed by atoms with Gasteiger partial charge in [-0.1, -0.05) is 33.8 Å². The minimum atomic E-state index is 0.273. The number of nitrogens with one attached hydrogen (secondary N) is 1. The lowest BCUT2D eigenvalue weighted by atomic mass is 9.98. The Bertz CT molecular complexity index is 412. The van der Waals surface area contributed by atoms with Crippen molar-refractivity contribution in [1.82, 2.24) is 5.32 Å². The molecule has 0 saturated carbocycles. The molecule has 0 spiro atoms. The van der Waals surface area contributed by atoms with Gasteiger partial charge in [-0.05, 0) is 74.9 Å². The maximum absolute atomic E-state index is 6.03. The second-order valence-electron chi connectivity index (χ2n) is 6.84. The summed E-state index contributed by atoms with van der Waals surface area (Å²) in [4.78, 5) is 0. The molecule has 1 unspecified atom stereocenters. The Kier molecular flexibility index (Phi) is 7.81. The number of benzene rings is 1. The van der Waals surface area contributed by atoms with Gasteiger partial charge in [0, 0.05) is 0 Å². The van der Waals surface area contributed by atoms with Crippen LogP contribution in [0, 0.1) is 12.8 Å². The Morgan fingerprint density at radius 1 is 1.10 bits per heavy atom. The van der Waals surface area contributed by atoms with Crippen molar-refractivity contribution in [2.24, 2.45) is 5.92 Å². The predicted octanol–water partition coefficient (Wildman–Crippen LogP) is 4.91. The summed E-state index contributed by atoms with van der Waals surface area (Å²) in [7, 11) is 0. The molecule has 1 aromatic rings. The van der Waals surface area contributed by atoms with Crippen LogP contribution in [0.25, 0.3) is 0 Å². The summed E-state index contributed by atoms with van der Waals surface area (Å²) in [6.45, 7) is 15.5. The quantitative estimate of drug-likeness (QED) is 0.653. The third kappa shape index (κ3) is 6.99. The zero-order valence-corrected chi connectivity index (χ0v) is 14.7.